The van der Waals surface area contributed by atoms with E-state index in [1.807, 2.05) is 32.0 Å². The first kappa shape index (κ1) is 8.05. The minimum atomic E-state index is 0.311. The van der Waals surface area contributed by atoms with Crippen LogP contribution in [-0.4, -0.2) is 10.1 Å². The van der Waals surface area contributed by atoms with E-state index in [1.54, 1.807) is 6.07 Å². The molecule has 0 saturated carbocycles. The monoisotopic (exact) mass is 173 g/mol. The summed E-state index contributed by atoms with van der Waals surface area (Å²) in [6, 6.07) is 7.57. The molecule has 1 aromatic carbocycles. The third-order valence-electron chi connectivity index (χ3n) is 2.23. The molecule has 0 fully saturated rings. The van der Waals surface area contributed by atoms with Crippen molar-refractivity contribution in [1.29, 1.82) is 0 Å². The largest absolute Gasteiger partial charge is 0.508 e. The van der Waals surface area contributed by atoms with Crippen LogP contribution in [0.5, 0.6) is 5.75 Å². The van der Waals surface area contributed by atoms with E-state index in [9.17, 15) is 5.11 Å². The number of fused-ring (bicyclic) bond motifs is 1. The Labute approximate surface area is 76.9 Å². The van der Waals surface area contributed by atoms with Gasteiger partial charge in [-0.2, -0.15) is 0 Å². The fraction of sp³-hybridized carbons (Fsp3) is 0.182. The van der Waals surface area contributed by atoms with Crippen LogP contribution in [0.15, 0.2) is 24.3 Å². The van der Waals surface area contributed by atoms with Crippen LogP contribution in [0, 0.1) is 13.8 Å². The number of aryl methyl sites for hydroxylation is 2. The van der Waals surface area contributed by atoms with Gasteiger partial charge in [-0.25, -0.2) is 0 Å². The Morgan fingerprint density at radius 3 is 2.54 bits per heavy atom. The second-order valence-electron chi connectivity index (χ2n) is 3.23. The van der Waals surface area contributed by atoms with E-state index >= 15 is 0 Å². The highest BCUT2D eigenvalue weighted by Crippen LogP contribution is 2.24. The maximum absolute atomic E-state index is 9.47. The van der Waals surface area contributed by atoms with Crippen molar-refractivity contribution in [3.63, 3.8) is 0 Å². The number of nitrogens with zero attached hydrogens (tertiary/aromatic N) is 1. The molecular formula is C11H11NO. The number of hydrogen-bond acceptors (Lipinski definition) is 2. The van der Waals surface area contributed by atoms with Crippen LogP contribution in [0.4, 0.5) is 0 Å². The quantitative estimate of drug-likeness (QED) is 0.664. The van der Waals surface area contributed by atoms with Crippen molar-refractivity contribution in [2.45, 2.75) is 13.8 Å². The molecule has 2 rings (SSSR count). The topological polar surface area (TPSA) is 33.1 Å². The maximum Gasteiger partial charge on any atom is 0.120 e. The van der Waals surface area contributed by atoms with Gasteiger partial charge in [0.2, 0.25) is 0 Å². The average molecular weight is 173 g/mol. The minimum absolute atomic E-state index is 0.311. The number of hydrogen-bond donors (Lipinski definition) is 1. The lowest BCUT2D eigenvalue weighted by atomic mass is 10.1. The SMILES string of the molecule is Cc1ccc2ccc(O)c(C)c2n1. The van der Waals surface area contributed by atoms with E-state index < -0.39 is 0 Å². The van der Waals surface area contributed by atoms with Crippen molar-refractivity contribution in [3.05, 3.63) is 35.5 Å². The van der Waals surface area contributed by atoms with Gasteiger partial charge < -0.3 is 5.11 Å². The fourth-order valence-electron chi connectivity index (χ4n) is 1.42. The van der Waals surface area contributed by atoms with E-state index in [1.165, 1.54) is 0 Å². The van der Waals surface area contributed by atoms with Gasteiger partial charge in [-0.1, -0.05) is 6.07 Å². The molecule has 1 heterocycles. The van der Waals surface area contributed by atoms with Gasteiger partial charge in [0.05, 0.1) is 5.52 Å². The second kappa shape index (κ2) is 2.73. The van der Waals surface area contributed by atoms with Gasteiger partial charge in [-0.05, 0) is 32.0 Å². The first-order valence-electron chi connectivity index (χ1n) is 4.24. The van der Waals surface area contributed by atoms with Crippen LogP contribution in [-0.2, 0) is 0 Å². The number of aromatic nitrogens is 1. The van der Waals surface area contributed by atoms with E-state index in [4.69, 9.17) is 0 Å². The van der Waals surface area contributed by atoms with Crippen LogP contribution in [0.3, 0.4) is 0 Å². The van der Waals surface area contributed by atoms with Crippen LogP contribution in [0.2, 0.25) is 0 Å². The highest BCUT2D eigenvalue weighted by Gasteiger charge is 2.02. The summed E-state index contributed by atoms with van der Waals surface area (Å²) in [5.41, 5.74) is 2.71. The molecule has 1 aromatic heterocycles. The molecule has 0 aliphatic carbocycles. The highest BCUT2D eigenvalue weighted by molar-refractivity contribution is 5.83. The van der Waals surface area contributed by atoms with E-state index in [-0.39, 0.29) is 0 Å². The predicted molar refractivity (Wildman–Crippen MR) is 52.9 cm³/mol. The van der Waals surface area contributed by atoms with Crippen LogP contribution >= 0.6 is 0 Å². The number of phenols is 1. The van der Waals surface area contributed by atoms with Crippen molar-refractivity contribution in [2.75, 3.05) is 0 Å². The molecule has 0 aliphatic heterocycles. The predicted octanol–water partition coefficient (Wildman–Crippen LogP) is 2.56. The van der Waals surface area contributed by atoms with Crippen molar-refractivity contribution in [3.8, 4) is 5.75 Å². The lowest BCUT2D eigenvalue weighted by Crippen LogP contribution is -1.86. The van der Waals surface area contributed by atoms with Gasteiger partial charge in [-0.15, -0.1) is 0 Å². The second-order valence-corrected chi connectivity index (χ2v) is 3.23. The third-order valence-corrected chi connectivity index (χ3v) is 2.23. The molecule has 0 radical (unpaired) electrons. The molecule has 2 nitrogen and oxygen atoms in total. The summed E-state index contributed by atoms with van der Waals surface area (Å²) < 4.78 is 0. The van der Waals surface area contributed by atoms with E-state index in [0.29, 0.717) is 5.75 Å². The van der Waals surface area contributed by atoms with Crippen molar-refractivity contribution < 1.29 is 5.11 Å². The summed E-state index contributed by atoms with van der Waals surface area (Å²) in [4.78, 5) is 4.38. The van der Waals surface area contributed by atoms with Crippen molar-refractivity contribution >= 4 is 10.9 Å². The molecule has 0 saturated heterocycles. The number of phenolic OH excluding ortho intramolecular Hbond substituents is 1. The molecule has 0 unspecified atom stereocenters. The molecule has 2 aromatic rings. The van der Waals surface area contributed by atoms with Crippen molar-refractivity contribution in [2.24, 2.45) is 0 Å². The molecule has 0 amide bonds. The molecule has 0 aliphatic rings. The van der Waals surface area contributed by atoms with Gasteiger partial charge in [0.25, 0.3) is 0 Å². The van der Waals surface area contributed by atoms with E-state index in [2.05, 4.69) is 4.98 Å². The summed E-state index contributed by atoms with van der Waals surface area (Å²) in [5, 5.41) is 10.5. The smallest absolute Gasteiger partial charge is 0.120 e. The zero-order chi connectivity index (χ0) is 9.42. The molecule has 66 valence electrons. The lowest BCUT2D eigenvalue weighted by molar-refractivity contribution is 0.472. The Hall–Kier alpha value is -1.57. The molecule has 0 atom stereocenters. The molecule has 13 heavy (non-hydrogen) atoms. The fourth-order valence-corrected chi connectivity index (χ4v) is 1.42. The lowest BCUT2D eigenvalue weighted by Gasteiger charge is -2.03. The highest BCUT2D eigenvalue weighted by atomic mass is 16.3. The average Bonchev–Trinajstić information content (AvgIpc) is 2.12. The van der Waals surface area contributed by atoms with Gasteiger partial charge in [0.1, 0.15) is 5.75 Å². The van der Waals surface area contributed by atoms with Crippen LogP contribution in [0.25, 0.3) is 10.9 Å². The minimum Gasteiger partial charge on any atom is -0.508 e. The van der Waals surface area contributed by atoms with Gasteiger partial charge in [0, 0.05) is 16.6 Å². The summed E-state index contributed by atoms with van der Waals surface area (Å²) in [6.07, 6.45) is 0. The normalized spacial score (nSPS) is 10.6. The zero-order valence-electron chi connectivity index (χ0n) is 7.70. The van der Waals surface area contributed by atoms with Gasteiger partial charge in [-0.3, -0.25) is 4.98 Å². The Bertz CT molecular complexity index is 458. The van der Waals surface area contributed by atoms with E-state index in [0.717, 1.165) is 22.2 Å². The Morgan fingerprint density at radius 2 is 1.77 bits per heavy atom. The molecule has 2 heteroatoms. The standard InChI is InChI=1S/C11H11NO/c1-7-3-4-9-5-6-10(13)8(2)11(9)12-7/h3-6,13H,1-2H3. The van der Waals surface area contributed by atoms with Gasteiger partial charge >= 0.3 is 0 Å². The summed E-state index contributed by atoms with van der Waals surface area (Å²) >= 11 is 0. The Kier molecular flexibility index (Phi) is 1.69. The Morgan fingerprint density at radius 1 is 1.08 bits per heavy atom. The maximum atomic E-state index is 9.47. The van der Waals surface area contributed by atoms with Crippen LogP contribution < -0.4 is 0 Å². The molecule has 0 spiro atoms. The summed E-state index contributed by atoms with van der Waals surface area (Å²) in [7, 11) is 0. The zero-order valence-corrected chi connectivity index (χ0v) is 7.70. The number of rotatable bonds is 0. The summed E-state index contributed by atoms with van der Waals surface area (Å²) in [5.74, 6) is 0.311. The first-order valence-corrected chi connectivity index (χ1v) is 4.24. The van der Waals surface area contributed by atoms with Crippen molar-refractivity contribution in [1.82, 2.24) is 4.98 Å². The van der Waals surface area contributed by atoms with Crippen LogP contribution in [0.1, 0.15) is 11.3 Å². The molecule has 1 N–H and O–H groups in total. The number of benzene rings is 1. The Balaban J connectivity index is 2.89. The number of pyridine rings is 1. The third kappa shape index (κ3) is 1.24. The summed E-state index contributed by atoms with van der Waals surface area (Å²) in [6.45, 7) is 3.83. The molecular weight excluding hydrogens is 162 g/mol. The van der Waals surface area contributed by atoms with Gasteiger partial charge in [0.15, 0.2) is 0 Å². The first-order chi connectivity index (χ1) is 6.18. The molecule has 0 bridgehead atoms. The number of aromatic hydroxyl groups is 1.